The molecular weight excluding hydrogens is 252 g/mol. The van der Waals surface area contributed by atoms with E-state index in [9.17, 15) is 0 Å². The van der Waals surface area contributed by atoms with Gasteiger partial charge in [-0.1, -0.05) is 13.8 Å². The molecule has 2 heterocycles. The van der Waals surface area contributed by atoms with Crippen LogP contribution in [-0.2, 0) is 17.8 Å². The van der Waals surface area contributed by atoms with Crippen molar-refractivity contribution in [3.8, 4) is 0 Å². The summed E-state index contributed by atoms with van der Waals surface area (Å²) in [6, 6.07) is 2.67. The zero-order valence-electron chi connectivity index (χ0n) is 13.0. The quantitative estimate of drug-likeness (QED) is 0.833. The molecule has 1 N–H and O–H groups in total. The standard InChI is InChI=1S/C16H28N2O2/c1-13(2)17-9-15-8-16(20-12-15)11-18(3)10-14-4-6-19-7-5-14/h8,12-14,17H,4-7,9-11H2,1-3H3. The van der Waals surface area contributed by atoms with Gasteiger partial charge in [0.15, 0.2) is 0 Å². The summed E-state index contributed by atoms with van der Waals surface area (Å²) in [5.41, 5.74) is 1.23. The molecule has 1 aliphatic heterocycles. The molecule has 20 heavy (non-hydrogen) atoms. The topological polar surface area (TPSA) is 37.6 Å². The first-order chi connectivity index (χ1) is 9.63. The summed E-state index contributed by atoms with van der Waals surface area (Å²) in [6.45, 7) is 9.05. The van der Waals surface area contributed by atoms with Gasteiger partial charge in [-0.25, -0.2) is 0 Å². The lowest BCUT2D eigenvalue weighted by molar-refractivity contribution is 0.0543. The highest BCUT2D eigenvalue weighted by Crippen LogP contribution is 2.17. The molecule has 0 bridgehead atoms. The molecule has 0 unspecified atom stereocenters. The Kier molecular flexibility index (Phi) is 6.07. The first kappa shape index (κ1) is 15.5. The molecule has 1 aromatic heterocycles. The lowest BCUT2D eigenvalue weighted by atomic mass is 10.00. The van der Waals surface area contributed by atoms with Gasteiger partial charge in [0.05, 0.1) is 12.8 Å². The van der Waals surface area contributed by atoms with Crippen molar-refractivity contribution < 1.29 is 9.15 Å². The number of rotatable bonds is 7. The Bertz CT molecular complexity index is 384. The summed E-state index contributed by atoms with van der Waals surface area (Å²) < 4.78 is 11.1. The SMILES string of the molecule is CC(C)NCc1coc(CN(C)CC2CCOCC2)c1. The van der Waals surface area contributed by atoms with Gasteiger partial charge < -0.3 is 14.5 Å². The largest absolute Gasteiger partial charge is 0.468 e. The van der Waals surface area contributed by atoms with Gasteiger partial charge in [-0.05, 0) is 31.9 Å². The van der Waals surface area contributed by atoms with E-state index in [1.54, 1.807) is 0 Å². The average molecular weight is 280 g/mol. The molecule has 1 aliphatic rings. The van der Waals surface area contributed by atoms with Crippen molar-refractivity contribution in [3.05, 3.63) is 23.7 Å². The lowest BCUT2D eigenvalue weighted by Gasteiger charge is -2.26. The zero-order chi connectivity index (χ0) is 14.4. The van der Waals surface area contributed by atoms with Crippen LogP contribution in [0, 0.1) is 5.92 Å². The van der Waals surface area contributed by atoms with Gasteiger partial charge in [-0.2, -0.15) is 0 Å². The van der Waals surface area contributed by atoms with Crippen LogP contribution in [0.5, 0.6) is 0 Å². The molecule has 0 saturated carbocycles. The highest BCUT2D eigenvalue weighted by atomic mass is 16.5. The molecule has 0 aliphatic carbocycles. The normalized spacial score (nSPS) is 17.2. The van der Waals surface area contributed by atoms with Crippen LogP contribution in [0.15, 0.2) is 16.7 Å². The Balaban J connectivity index is 1.74. The Labute approximate surface area is 122 Å². The van der Waals surface area contributed by atoms with Crippen LogP contribution in [0.1, 0.15) is 38.0 Å². The van der Waals surface area contributed by atoms with Crippen LogP contribution in [0.2, 0.25) is 0 Å². The summed E-state index contributed by atoms with van der Waals surface area (Å²) in [4.78, 5) is 2.36. The van der Waals surface area contributed by atoms with Gasteiger partial charge in [0.2, 0.25) is 0 Å². The van der Waals surface area contributed by atoms with Crippen molar-refractivity contribution in [1.82, 2.24) is 10.2 Å². The Morgan fingerprint density at radius 2 is 2.10 bits per heavy atom. The maximum absolute atomic E-state index is 5.65. The van der Waals surface area contributed by atoms with Gasteiger partial charge in [0.1, 0.15) is 5.76 Å². The summed E-state index contributed by atoms with van der Waals surface area (Å²) >= 11 is 0. The first-order valence-corrected chi connectivity index (χ1v) is 7.69. The number of nitrogens with zero attached hydrogens (tertiary/aromatic N) is 1. The number of furan rings is 1. The highest BCUT2D eigenvalue weighted by Gasteiger charge is 2.16. The number of hydrogen-bond donors (Lipinski definition) is 1. The molecule has 1 saturated heterocycles. The molecule has 2 rings (SSSR count). The lowest BCUT2D eigenvalue weighted by Crippen LogP contribution is -2.29. The minimum atomic E-state index is 0.504. The third-order valence-corrected chi connectivity index (χ3v) is 3.76. The predicted octanol–water partition coefficient (Wildman–Crippen LogP) is 2.64. The van der Waals surface area contributed by atoms with Crippen molar-refractivity contribution in [2.75, 3.05) is 26.8 Å². The fourth-order valence-electron chi connectivity index (χ4n) is 2.62. The minimum absolute atomic E-state index is 0.504. The van der Waals surface area contributed by atoms with E-state index in [1.807, 2.05) is 6.26 Å². The van der Waals surface area contributed by atoms with E-state index in [0.717, 1.165) is 44.5 Å². The smallest absolute Gasteiger partial charge is 0.118 e. The van der Waals surface area contributed by atoms with Gasteiger partial charge in [0, 0.05) is 37.9 Å². The van der Waals surface area contributed by atoms with E-state index < -0.39 is 0 Å². The average Bonchev–Trinajstić information content (AvgIpc) is 2.85. The summed E-state index contributed by atoms with van der Waals surface area (Å²) in [5, 5.41) is 3.41. The molecule has 114 valence electrons. The van der Waals surface area contributed by atoms with Crippen LogP contribution in [0.3, 0.4) is 0 Å². The molecule has 4 heteroatoms. The van der Waals surface area contributed by atoms with Crippen molar-refractivity contribution >= 4 is 0 Å². The Hall–Kier alpha value is -0.840. The molecule has 1 fully saturated rings. The number of ether oxygens (including phenoxy) is 1. The molecule has 0 aromatic carbocycles. The van der Waals surface area contributed by atoms with E-state index in [0.29, 0.717) is 6.04 Å². The summed E-state index contributed by atoms with van der Waals surface area (Å²) in [6.07, 6.45) is 4.24. The molecule has 1 aromatic rings. The first-order valence-electron chi connectivity index (χ1n) is 7.69. The van der Waals surface area contributed by atoms with E-state index >= 15 is 0 Å². The van der Waals surface area contributed by atoms with Crippen LogP contribution >= 0.6 is 0 Å². The van der Waals surface area contributed by atoms with Crippen molar-refractivity contribution in [3.63, 3.8) is 0 Å². The monoisotopic (exact) mass is 280 g/mol. The van der Waals surface area contributed by atoms with Gasteiger partial charge >= 0.3 is 0 Å². The third-order valence-electron chi connectivity index (χ3n) is 3.76. The van der Waals surface area contributed by atoms with Crippen LogP contribution in [-0.4, -0.2) is 37.7 Å². The van der Waals surface area contributed by atoms with Gasteiger partial charge in [0.25, 0.3) is 0 Å². The third kappa shape index (κ3) is 5.27. The summed E-state index contributed by atoms with van der Waals surface area (Å²) in [5.74, 6) is 1.82. The van der Waals surface area contributed by atoms with E-state index in [2.05, 4.69) is 37.2 Å². The van der Waals surface area contributed by atoms with E-state index in [-0.39, 0.29) is 0 Å². The van der Waals surface area contributed by atoms with Crippen molar-refractivity contribution in [2.24, 2.45) is 5.92 Å². The van der Waals surface area contributed by atoms with Gasteiger partial charge in [-0.3, -0.25) is 4.90 Å². The van der Waals surface area contributed by atoms with Crippen molar-refractivity contribution in [1.29, 1.82) is 0 Å². The fourth-order valence-corrected chi connectivity index (χ4v) is 2.62. The van der Waals surface area contributed by atoms with Crippen molar-refractivity contribution in [2.45, 2.75) is 45.8 Å². The van der Waals surface area contributed by atoms with E-state index in [4.69, 9.17) is 9.15 Å². The van der Waals surface area contributed by atoms with Crippen LogP contribution in [0.4, 0.5) is 0 Å². The minimum Gasteiger partial charge on any atom is -0.468 e. The molecule has 4 nitrogen and oxygen atoms in total. The second-order valence-corrected chi connectivity index (χ2v) is 6.21. The fraction of sp³-hybridized carbons (Fsp3) is 0.750. The molecular formula is C16H28N2O2. The number of nitrogens with one attached hydrogen (secondary N) is 1. The Morgan fingerprint density at radius 3 is 2.80 bits per heavy atom. The molecule has 0 atom stereocenters. The maximum atomic E-state index is 5.65. The van der Waals surface area contributed by atoms with Crippen LogP contribution < -0.4 is 5.32 Å². The van der Waals surface area contributed by atoms with Crippen LogP contribution in [0.25, 0.3) is 0 Å². The summed E-state index contributed by atoms with van der Waals surface area (Å²) in [7, 11) is 2.17. The second kappa shape index (κ2) is 7.81. The molecule has 0 radical (unpaired) electrons. The molecule has 0 amide bonds. The highest BCUT2D eigenvalue weighted by molar-refractivity contribution is 5.12. The number of hydrogen-bond acceptors (Lipinski definition) is 4. The molecule has 0 spiro atoms. The second-order valence-electron chi connectivity index (χ2n) is 6.21. The zero-order valence-corrected chi connectivity index (χ0v) is 13.0. The maximum Gasteiger partial charge on any atom is 0.118 e. The predicted molar refractivity (Wildman–Crippen MR) is 80.6 cm³/mol. The Morgan fingerprint density at radius 1 is 1.35 bits per heavy atom. The van der Waals surface area contributed by atoms with Gasteiger partial charge in [-0.15, -0.1) is 0 Å². The van der Waals surface area contributed by atoms with E-state index in [1.165, 1.54) is 18.4 Å².